The number of sulfonamides is 1. The molecule has 0 aliphatic carbocycles. The van der Waals surface area contributed by atoms with E-state index in [2.05, 4.69) is 15.6 Å². The normalized spacial score (nSPS) is 17.7. The maximum absolute atomic E-state index is 12.6. The van der Waals surface area contributed by atoms with Crippen molar-refractivity contribution in [2.75, 3.05) is 32.9 Å². The predicted molar refractivity (Wildman–Crippen MR) is 98.8 cm³/mol. The molecule has 0 saturated carbocycles. The summed E-state index contributed by atoms with van der Waals surface area (Å²) in [5.74, 6) is 0.896. The van der Waals surface area contributed by atoms with Gasteiger partial charge in [0.1, 0.15) is 0 Å². The van der Waals surface area contributed by atoms with Crippen molar-refractivity contribution in [1.82, 2.24) is 14.9 Å². The summed E-state index contributed by atoms with van der Waals surface area (Å²) in [5, 5.41) is 6.26. The average molecular weight is 406 g/mol. The molecule has 1 aromatic carbocycles. The zero-order chi connectivity index (χ0) is 20.1. The lowest BCUT2D eigenvalue weighted by molar-refractivity contribution is -0.137. The molecule has 0 amide bonds. The van der Waals surface area contributed by atoms with Gasteiger partial charge in [-0.05, 0) is 36.5 Å². The highest BCUT2D eigenvalue weighted by Gasteiger charge is 2.30. The Kier molecular flexibility index (Phi) is 7.10. The molecule has 152 valence electrons. The molecule has 1 aliphatic rings. The second-order valence-electron chi connectivity index (χ2n) is 6.61. The van der Waals surface area contributed by atoms with Gasteiger partial charge in [0.05, 0.1) is 11.8 Å². The average Bonchev–Trinajstić information content (AvgIpc) is 2.61. The van der Waals surface area contributed by atoms with E-state index in [1.807, 2.05) is 0 Å². The summed E-state index contributed by atoms with van der Waals surface area (Å²) in [6, 6.07) is 4.99. The summed E-state index contributed by atoms with van der Waals surface area (Å²) in [7, 11) is -1.51. The first-order valence-electron chi connectivity index (χ1n) is 8.65. The molecular weight excluding hydrogens is 381 g/mol. The van der Waals surface area contributed by atoms with E-state index in [4.69, 9.17) is 0 Å². The molecule has 6 nitrogen and oxygen atoms in total. The topological polar surface area (TPSA) is 73.8 Å². The second-order valence-corrected chi connectivity index (χ2v) is 8.59. The van der Waals surface area contributed by atoms with Gasteiger partial charge in [0.15, 0.2) is 5.96 Å². The molecule has 0 bridgehead atoms. The van der Waals surface area contributed by atoms with Gasteiger partial charge in [0.25, 0.3) is 0 Å². The monoisotopic (exact) mass is 406 g/mol. The van der Waals surface area contributed by atoms with E-state index in [-0.39, 0.29) is 0 Å². The highest BCUT2D eigenvalue weighted by atomic mass is 32.2. The van der Waals surface area contributed by atoms with E-state index in [9.17, 15) is 21.6 Å². The molecule has 2 rings (SSSR count). The van der Waals surface area contributed by atoms with Gasteiger partial charge in [-0.3, -0.25) is 4.99 Å². The number of aliphatic imine (C=N–C) groups is 1. The maximum Gasteiger partial charge on any atom is 0.416 e. The number of rotatable bonds is 5. The minimum atomic E-state index is -4.34. The summed E-state index contributed by atoms with van der Waals surface area (Å²) in [6.07, 6.45) is -1.57. The van der Waals surface area contributed by atoms with Crippen molar-refractivity contribution in [2.24, 2.45) is 10.9 Å². The van der Waals surface area contributed by atoms with Crippen LogP contribution in [0.15, 0.2) is 29.3 Å². The van der Waals surface area contributed by atoms with E-state index < -0.39 is 21.8 Å². The van der Waals surface area contributed by atoms with E-state index in [1.165, 1.54) is 22.7 Å². The predicted octanol–water partition coefficient (Wildman–Crippen LogP) is 2.04. The van der Waals surface area contributed by atoms with Crippen molar-refractivity contribution in [1.29, 1.82) is 0 Å². The van der Waals surface area contributed by atoms with Crippen molar-refractivity contribution in [3.8, 4) is 0 Å². The summed E-state index contributed by atoms with van der Waals surface area (Å²) in [5.41, 5.74) is 0.0432. The Morgan fingerprint density at radius 3 is 2.26 bits per heavy atom. The number of nitrogens with zero attached hydrogens (tertiary/aromatic N) is 2. The van der Waals surface area contributed by atoms with Crippen molar-refractivity contribution in [3.63, 3.8) is 0 Å². The Morgan fingerprint density at radius 2 is 1.78 bits per heavy atom. The van der Waals surface area contributed by atoms with Crippen LogP contribution in [0.3, 0.4) is 0 Å². The molecule has 1 saturated heterocycles. The third-order valence-corrected chi connectivity index (χ3v) is 5.87. The van der Waals surface area contributed by atoms with E-state index >= 15 is 0 Å². The van der Waals surface area contributed by atoms with E-state index in [1.54, 1.807) is 7.05 Å². The van der Waals surface area contributed by atoms with Crippen molar-refractivity contribution >= 4 is 16.0 Å². The maximum atomic E-state index is 12.6. The summed E-state index contributed by atoms with van der Waals surface area (Å²) >= 11 is 0. The standard InChI is InChI=1S/C17H25F3N4O2S/c1-21-16(22-11-13-3-5-15(6-4-13)17(18,19)20)23-12-14-7-9-24(10-8-14)27(2,25)26/h3-6,14H,7-12H2,1-2H3,(H2,21,22,23). The minimum absolute atomic E-state index is 0.340. The van der Waals surface area contributed by atoms with Gasteiger partial charge in [-0.25, -0.2) is 12.7 Å². The molecular formula is C17H25F3N4O2S. The minimum Gasteiger partial charge on any atom is -0.356 e. The van der Waals surface area contributed by atoms with Crippen LogP contribution in [0.25, 0.3) is 0 Å². The first-order chi connectivity index (χ1) is 12.6. The third-order valence-electron chi connectivity index (χ3n) is 4.57. The summed E-state index contributed by atoms with van der Waals surface area (Å²) in [6.45, 7) is 2.04. The van der Waals surface area contributed by atoms with E-state index in [0.717, 1.165) is 25.0 Å². The van der Waals surface area contributed by atoms with Crippen LogP contribution in [0.4, 0.5) is 13.2 Å². The number of benzene rings is 1. The molecule has 1 fully saturated rings. The first-order valence-corrected chi connectivity index (χ1v) is 10.5. The Morgan fingerprint density at radius 1 is 1.19 bits per heavy atom. The Hall–Kier alpha value is -1.81. The number of halogens is 3. The Bertz CT molecular complexity index is 740. The van der Waals surface area contributed by atoms with E-state index in [0.29, 0.717) is 43.6 Å². The summed E-state index contributed by atoms with van der Waals surface area (Å²) in [4.78, 5) is 4.11. The van der Waals surface area contributed by atoms with Crippen LogP contribution in [0.1, 0.15) is 24.0 Å². The molecule has 0 aromatic heterocycles. The first kappa shape index (κ1) is 21.5. The largest absolute Gasteiger partial charge is 0.416 e. The molecule has 1 heterocycles. The van der Waals surface area contributed by atoms with Crippen molar-refractivity contribution < 1.29 is 21.6 Å². The van der Waals surface area contributed by atoms with Crippen molar-refractivity contribution in [2.45, 2.75) is 25.6 Å². The van der Waals surface area contributed by atoms with Gasteiger partial charge < -0.3 is 10.6 Å². The number of nitrogens with one attached hydrogen (secondary N) is 2. The lowest BCUT2D eigenvalue weighted by atomic mass is 9.98. The van der Waals surface area contributed by atoms with Gasteiger partial charge in [-0.15, -0.1) is 0 Å². The molecule has 1 aliphatic heterocycles. The van der Waals surface area contributed by atoms with Crippen LogP contribution in [-0.2, 0) is 22.7 Å². The molecule has 0 radical (unpaired) electrons. The fourth-order valence-electron chi connectivity index (χ4n) is 2.90. The summed E-state index contributed by atoms with van der Waals surface area (Å²) < 4.78 is 62.2. The molecule has 0 atom stereocenters. The lowest BCUT2D eigenvalue weighted by Gasteiger charge is -2.30. The van der Waals surface area contributed by atoms with Gasteiger partial charge in [0.2, 0.25) is 10.0 Å². The molecule has 27 heavy (non-hydrogen) atoms. The smallest absolute Gasteiger partial charge is 0.356 e. The Labute approximate surface area is 157 Å². The van der Waals surface area contributed by atoms with Crippen LogP contribution >= 0.6 is 0 Å². The van der Waals surface area contributed by atoms with Crippen LogP contribution < -0.4 is 10.6 Å². The fourth-order valence-corrected chi connectivity index (χ4v) is 3.78. The molecule has 0 unspecified atom stereocenters. The number of alkyl halides is 3. The van der Waals surface area contributed by atoms with Gasteiger partial charge in [0, 0.05) is 33.2 Å². The van der Waals surface area contributed by atoms with Crippen LogP contribution in [0.5, 0.6) is 0 Å². The zero-order valence-electron chi connectivity index (χ0n) is 15.4. The molecule has 1 aromatic rings. The molecule has 2 N–H and O–H groups in total. The quantitative estimate of drug-likeness (QED) is 0.580. The third kappa shape index (κ3) is 6.69. The van der Waals surface area contributed by atoms with Gasteiger partial charge in [-0.1, -0.05) is 12.1 Å². The number of piperidine rings is 1. The lowest BCUT2D eigenvalue weighted by Crippen LogP contribution is -2.43. The molecule has 0 spiro atoms. The number of hydrogen-bond acceptors (Lipinski definition) is 3. The van der Waals surface area contributed by atoms with Gasteiger partial charge in [-0.2, -0.15) is 13.2 Å². The Balaban J connectivity index is 1.77. The molecule has 10 heteroatoms. The van der Waals surface area contributed by atoms with Crippen molar-refractivity contribution in [3.05, 3.63) is 35.4 Å². The fraction of sp³-hybridized carbons (Fsp3) is 0.588. The van der Waals surface area contributed by atoms with Crippen LogP contribution in [0.2, 0.25) is 0 Å². The highest BCUT2D eigenvalue weighted by Crippen LogP contribution is 2.29. The second kappa shape index (κ2) is 8.92. The SMILES string of the molecule is CN=C(NCc1ccc(C(F)(F)F)cc1)NCC1CCN(S(C)(=O)=O)CC1. The zero-order valence-corrected chi connectivity index (χ0v) is 16.2. The van der Waals surface area contributed by atoms with Gasteiger partial charge >= 0.3 is 6.18 Å². The number of guanidine groups is 1. The highest BCUT2D eigenvalue weighted by molar-refractivity contribution is 7.88. The van der Waals surface area contributed by atoms with Crippen LogP contribution in [0, 0.1) is 5.92 Å². The number of hydrogen-bond donors (Lipinski definition) is 2. The van der Waals surface area contributed by atoms with Crippen LogP contribution in [-0.4, -0.2) is 51.6 Å².